The molecule has 8 heteroatoms. The van der Waals surface area contributed by atoms with Gasteiger partial charge in [-0.25, -0.2) is 19.3 Å². The van der Waals surface area contributed by atoms with E-state index in [0.29, 0.717) is 31.3 Å². The zero-order chi connectivity index (χ0) is 18.9. The average molecular weight is 371 g/mol. The number of carbonyl (C=O) groups is 1. The molecular formula is C19H22FN5O2. The highest BCUT2D eigenvalue weighted by Crippen LogP contribution is 2.38. The highest BCUT2D eigenvalue weighted by molar-refractivity contribution is 5.93. The number of aromatic nitrogens is 3. The number of hydrogen-bond acceptors (Lipinski definition) is 6. The fourth-order valence-electron chi connectivity index (χ4n) is 3.98. The summed E-state index contributed by atoms with van der Waals surface area (Å²) in [6, 6.07) is 4.53. The van der Waals surface area contributed by atoms with E-state index in [9.17, 15) is 9.18 Å². The Morgan fingerprint density at radius 2 is 2.19 bits per heavy atom. The molecule has 27 heavy (non-hydrogen) atoms. The molecule has 0 radical (unpaired) electrons. The number of likely N-dealkylation sites (N-methyl/N-ethyl adjacent to an activating group) is 1. The first-order valence-corrected chi connectivity index (χ1v) is 9.07. The number of ether oxygens (including phenoxy) is 1. The minimum atomic E-state index is -0.439. The van der Waals surface area contributed by atoms with Gasteiger partial charge in [0.1, 0.15) is 12.0 Å². The van der Waals surface area contributed by atoms with E-state index in [1.807, 2.05) is 4.90 Å². The van der Waals surface area contributed by atoms with Crippen LogP contribution >= 0.6 is 0 Å². The fourth-order valence-corrected chi connectivity index (χ4v) is 3.98. The van der Waals surface area contributed by atoms with Gasteiger partial charge in [-0.3, -0.25) is 9.69 Å². The number of pyridine rings is 1. The largest absolute Gasteiger partial charge is 0.475 e. The molecule has 0 aromatic carbocycles. The van der Waals surface area contributed by atoms with Crippen molar-refractivity contribution in [3.05, 3.63) is 48.4 Å². The van der Waals surface area contributed by atoms with Crippen molar-refractivity contribution in [1.29, 1.82) is 0 Å². The molecule has 2 aliphatic rings. The topological polar surface area (TPSA) is 71.5 Å². The minimum absolute atomic E-state index is 0.0440. The summed E-state index contributed by atoms with van der Waals surface area (Å²) in [4.78, 5) is 28.5. The van der Waals surface area contributed by atoms with Gasteiger partial charge >= 0.3 is 0 Å². The van der Waals surface area contributed by atoms with E-state index >= 15 is 0 Å². The molecule has 2 aromatic heterocycles. The summed E-state index contributed by atoms with van der Waals surface area (Å²) in [5.74, 6) is -0.144. The molecule has 4 rings (SSSR count). The van der Waals surface area contributed by atoms with E-state index in [-0.39, 0.29) is 17.3 Å². The van der Waals surface area contributed by atoms with E-state index in [1.54, 1.807) is 18.3 Å². The number of halogens is 1. The molecule has 1 atom stereocenters. The molecule has 1 spiro atoms. The summed E-state index contributed by atoms with van der Waals surface area (Å²) >= 11 is 0. The van der Waals surface area contributed by atoms with Crippen LogP contribution in [0.25, 0.3) is 0 Å². The van der Waals surface area contributed by atoms with Crippen LogP contribution in [0.3, 0.4) is 0 Å². The predicted octanol–water partition coefficient (Wildman–Crippen LogP) is 1.63. The van der Waals surface area contributed by atoms with Crippen LogP contribution < -0.4 is 4.74 Å². The molecule has 7 nitrogen and oxygen atoms in total. The summed E-state index contributed by atoms with van der Waals surface area (Å²) < 4.78 is 19.3. The zero-order valence-electron chi connectivity index (χ0n) is 15.2. The van der Waals surface area contributed by atoms with Gasteiger partial charge in [0.2, 0.25) is 5.88 Å². The predicted molar refractivity (Wildman–Crippen MR) is 95.7 cm³/mol. The van der Waals surface area contributed by atoms with E-state index in [1.165, 1.54) is 18.6 Å². The maximum absolute atomic E-state index is 13.7. The molecule has 2 fully saturated rings. The number of amides is 1. The summed E-state index contributed by atoms with van der Waals surface area (Å²) in [6.45, 7) is 2.69. The maximum atomic E-state index is 13.7. The third kappa shape index (κ3) is 3.49. The third-order valence-electron chi connectivity index (χ3n) is 5.59. The molecular weight excluding hydrogens is 349 g/mol. The summed E-state index contributed by atoms with van der Waals surface area (Å²) in [6.07, 6.45) is 6.38. The molecule has 2 aliphatic heterocycles. The van der Waals surface area contributed by atoms with Crippen LogP contribution in [0.2, 0.25) is 0 Å². The minimum Gasteiger partial charge on any atom is -0.475 e. The van der Waals surface area contributed by atoms with Gasteiger partial charge in [-0.2, -0.15) is 0 Å². The lowest BCUT2D eigenvalue weighted by molar-refractivity contribution is -0.0698. The van der Waals surface area contributed by atoms with E-state index in [4.69, 9.17) is 4.74 Å². The Bertz CT molecular complexity index is 813. The van der Waals surface area contributed by atoms with Gasteiger partial charge in [-0.05, 0) is 50.6 Å². The van der Waals surface area contributed by atoms with Crippen molar-refractivity contribution in [1.82, 2.24) is 24.8 Å². The Morgan fingerprint density at radius 3 is 2.93 bits per heavy atom. The Balaban J connectivity index is 1.36. The fraction of sp³-hybridized carbons (Fsp3) is 0.474. The molecule has 1 amide bonds. The Labute approximate surface area is 157 Å². The first-order valence-electron chi connectivity index (χ1n) is 9.07. The zero-order valence-corrected chi connectivity index (χ0v) is 15.2. The Hall–Kier alpha value is -2.61. The molecule has 0 saturated carbocycles. The van der Waals surface area contributed by atoms with E-state index < -0.39 is 5.82 Å². The second kappa shape index (κ2) is 7.19. The van der Waals surface area contributed by atoms with Crippen molar-refractivity contribution in [3.8, 4) is 5.88 Å². The van der Waals surface area contributed by atoms with Crippen LogP contribution in [0.4, 0.5) is 4.39 Å². The Morgan fingerprint density at radius 1 is 1.33 bits per heavy atom. The molecule has 2 saturated heterocycles. The van der Waals surface area contributed by atoms with Crippen molar-refractivity contribution < 1.29 is 13.9 Å². The van der Waals surface area contributed by atoms with Gasteiger partial charge in [0.15, 0.2) is 5.82 Å². The van der Waals surface area contributed by atoms with Crippen molar-refractivity contribution in [2.75, 3.05) is 33.3 Å². The monoisotopic (exact) mass is 371 g/mol. The van der Waals surface area contributed by atoms with Crippen LogP contribution in [0.15, 0.2) is 36.9 Å². The normalized spacial score (nSPS) is 21.7. The van der Waals surface area contributed by atoms with Gasteiger partial charge in [0.05, 0.1) is 12.1 Å². The van der Waals surface area contributed by atoms with Gasteiger partial charge in [-0.15, -0.1) is 0 Å². The lowest BCUT2D eigenvalue weighted by Crippen LogP contribution is -2.72. The molecule has 0 N–H and O–H groups in total. The van der Waals surface area contributed by atoms with Crippen LogP contribution in [0.1, 0.15) is 23.3 Å². The van der Waals surface area contributed by atoms with Crippen LogP contribution in [0.5, 0.6) is 5.88 Å². The standard InChI is InChI=1S/C19H22FN5O2/c1-24-8-5-14(10-27-17-15(20)3-2-6-22-17)9-19(24)11-25(12-19)18(26)16-4-7-21-13-23-16/h2-4,6-7,13-14H,5,8-12H2,1H3/t14-/m0/s1. The van der Waals surface area contributed by atoms with Gasteiger partial charge < -0.3 is 9.64 Å². The maximum Gasteiger partial charge on any atom is 0.272 e. The molecule has 0 bridgehead atoms. The van der Waals surface area contributed by atoms with Crippen molar-refractivity contribution in [2.45, 2.75) is 18.4 Å². The van der Waals surface area contributed by atoms with Crippen LogP contribution in [0, 0.1) is 11.7 Å². The number of piperidine rings is 1. The average Bonchev–Trinajstić information content (AvgIpc) is 2.67. The van der Waals surface area contributed by atoms with Crippen LogP contribution in [-0.2, 0) is 0 Å². The van der Waals surface area contributed by atoms with Crippen molar-refractivity contribution in [3.63, 3.8) is 0 Å². The molecule has 2 aromatic rings. The number of rotatable bonds is 4. The summed E-state index contributed by atoms with van der Waals surface area (Å²) in [5.41, 5.74) is 0.376. The van der Waals surface area contributed by atoms with E-state index in [0.717, 1.165) is 19.4 Å². The first-order chi connectivity index (χ1) is 13.1. The highest BCUT2D eigenvalue weighted by Gasteiger charge is 2.51. The van der Waals surface area contributed by atoms with Crippen LogP contribution in [-0.4, -0.2) is 69.5 Å². The quantitative estimate of drug-likeness (QED) is 0.814. The smallest absolute Gasteiger partial charge is 0.272 e. The molecule has 0 unspecified atom stereocenters. The third-order valence-corrected chi connectivity index (χ3v) is 5.59. The highest BCUT2D eigenvalue weighted by atomic mass is 19.1. The second-order valence-electron chi connectivity index (χ2n) is 7.36. The number of nitrogens with zero attached hydrogens (tertiary/aromatic N) is 5. The Kier molecular flexibility index (Phi) is 4.73. The lowest BCUT2D eigenvalue weighted by Gasteiger charge is -2.58. The van der Waals surface area contributed by atoms with Gasteiger partial charge in [0.25, 0.3) is 5.91 Å². The van der Waals surface area contributed by atoms with Crippen molar-refractivity contribution in [2.24, 2.45) is 5.92 Å². The summed E-state index contributed by atoms with van der Waals surface area (Å²) in [5, 5.41) is 0. The first kappa shape index (κ1) is 17.8. The molecule has 4 heterocycles. The number of hydrogen-bond donors (Lipinski definition) is 0. The van der Waals surface area contributed by atoms with Crippen molar-refractivity contribution >= 4 is 5.91 Å². The SMILES string of the molecule is CN1CC[C@H](COc2ncccc2F)CC12CN(C(=O)c1ccncn1)C2. The summed E-state index contributed by atoms with van der Waals surface area (Å²) in [7, 11) is 2.10. The number of carbonyl (C=O) groups excluding carboxylic acids is 1. The number of likely N-dealkylation sites (tertiary alicyclic amines) is 2. The lowest BCUT2D eigenvalue weighted by atomic mass is 9.75. The van der Waals surface area contributed by atoms with Gasteiger partial charge in [0, 0.05) is 25.5 Å². The second-order valence-corrected chi connectivity index (χ2v) is 7.36. The molecule has 142 valence electrons. The van der Waals surface area contributed by atoms with E-state index in [2.05, 4.69) is 26.9 Å². The van der Waals surface area contributed by atoms with Gasteiger partial charge in [-0.1, -0.05) is 0 Å². The molecule has 0 aliphatic carbocycles.